The SMILES string of the molecule is C[C@@H](NC(=O)C1CCN(C(=O)c2cccc3ccccc23)CC1)c1ccc(F)cc1F. The van der Waals surface area contributed by atoms with Gasteiger partial charge in [0.2, 0.25) is 5.91 Å². The van der Waals surface area contributed by atoms with Crippen LogP contribution in [0.1, 0.15) is 41.7 Å². The van der Waals surface area contributed by atoms with Gasteiger partial charge in [0.05, 0.1) is 6.04 Å². The van der Waals surface area contributed by atoms with Crippen LogP contribution in [-0.4, -0.2) is 29.8 Å². The molecule has 0 aromatic heterocycles. The molecule has 0 unspecified atom stereocenters. The van der Waals surface area contributed by atoms with Gasteiger partial charge in [-0.1, -0.05) is 42.5 Å². The van der Waals surface area contributed by atoms with Crippen LogP contribution in [0.3, 0.4) is 0 Å². The van der Waals surface area contributed by atoms with E-state index in [2.05, 4.69) is 5.32 Å². The Kier molecular flexibility index (Phi) is 5.98. The van der Waals surface area contributed by atoms with Crippen molar-refractivity contribution in [3.63, 3.8) is 0 Å². The lowest BCUT2D eigenvalue weighted by molar-refractivity contribution is -0.127. The highest BCUT2D eigenvalue weighted by molar-refractivity contribution is 6.07. The zero-order valence-electron chi connectivity index (χ0n) is 17.3. The normalized spacial score (nSPS) is 15.6. The van der Waals surface area contributed by atoms with Crippen LogP contribution in [0.4, 0.5) is 8.78 Å². The first-order valence-corrected chi connectivity index (χ1v) is 10.5. The number of piperidine rings is 1. The molecule has 1 heterocycles. The quantitative estimate of drug-likeness (QED) is 0.654. The van der Waals surface area contributed by atoms with Crippen molar-refractivity contribution in [2.75, 3.05) is 13.1 Å². The van der Waals surface area contributed by atoms with Gasteiger partial charge in [0, 0.05) is 36.2 Å². The lowest BCUT2D eigenvalue weighted by Crippen LogP contribution is -2.43. The number of rotatable bonds is 4. The monoisotopic (exact) mass is 422 g/mol. The smallest absolute Gasteiger partial charge is 0.254 e. The van der Waals surface area contributed by atoms with E-state index in [-0.39, 0.29) is 23.3 Å². The summed E-state index contributed by atoms with van der Waals surface area (Å²) in [7, 11) is 0. The molecule has 0 bridgehead atoms. The van der Waals surface area contributed by atoms with E-state index in [0.29, 0.717) is 31.5 Å². The molecule has 31 heavy (non-hydrogen) atoms. The zero-order valence-corrected chi connectivity index (χ0v) is 17.3. The molecule has 3 aromatic rings. The second-order valence-electron chi connectivity index (χ2n) is 7.99. The molecule has 2 amide bonds. The van der Waals surface area contributed by atoms with E-state index in [1.165, 1.54) is 12.1 Å². The van der Waals surface area contributed by atoms with E-state index in [0.717, 1.165) is 16.8 Å². The Labute approximate surface area is 179 Å². The summed E-state index contributed by atoms with van der Waals surface area (Å²) in [5.41, 5.74) is 0.916. The number of carbonyl (C=O) groups excluding carboxylic acids is 2. The lowest BCUT2D eigenvalue weighted by Gasteiger charge is -2.32. The lowest BCUT2D eigenvalue weighted by atomic mass is 9.94. The molecular formula is C25H24F2N2O2. The summed E-state index contributed by atoms with van der Waals surface area (Å²) in [6, 6.07) is 16.3. The molecule has 0 radical (unpaired) electrons. The highest BCUT2D eigenvalue weighted by Crippen LogP contribution is 2.25. The number of fused-ring (bicyclic) bond motifs is 1. The molecule has 6 heteroatoms. The van der Waals surface area contributed by atoms with Crippen LogP contribution in [0.2, 0.25) is 0 Å². The molecule has 0 spiro atoms. The Morgan fingerprint density at radius 3 is 2.45 bits per heavy atom. The molecule has 1 saturated heterocycles. The molecule has 4 nitrogen and oxygen atoms in total. The van der Waals surface area contributed by atoms with Gasteiger partial charge in [0.1, 0.15) is 11.6 Å². The van der Waals surface area contributed by atoms with Crippen molar-refractivity contribution in [3.8, 4) is 0 Å². The summed E-state index contributed by atoms with van der Waals surface area (Å²) >= 11 is 0. The first-order valence-electron chi connectivity index (χ1n) is 10.5. The summed E-state index contributed by atoms with van der Waals surface area (Å²) in [5, 5.41) is 4.76. The maximum absolute atomic E-state index is 14.0. The number of likely N-dealkylation sites (tertiary alicyclic amines) is 1. The van der Waals surface area contributed by atoms with Crippen LogP contribution >= 0.6 is 0 Å². The maximum Gasteiger partial charge on any atom is 0.254 e. The van der Waals surface area contributed by atoms with E-state index in [1.807, 2.05) is 42.5 Å². The molecular weight excluding hydrogens is 398 g/mol. The van der Waals surface area contributed by atoms with Gasteiger partial charge in [-0.2, -0.15) is 0 Å². The standard InChI is InChI=1S/C25H24F2N2O2/c1-16(20-10-9-19(26)15-23(20)27)28-24(30)18-11-13-29(14-12-18)25(31)22-8-4-6-17-5-2-3-7-21(17)22/h2-10,15-16,18H,11-14H2,1H3,(H,28,30)/t16-/m1/s1. The predicted octanol–water partition coefficient (Wildman–Crippen LogP) is 4.85. The van der Waals surface area contributed by atoms with Gasteiger partial charge in [-0.05, 0) is 42.7 Å². The van der Waals surface area contributed by atoms with Crippen molar-refractivity contribution in [2.24, 2.45) is 5.92 Å². The fourth-order valence-electron chi connectivity index (χ4n) is 4.19. The number of benzene rings is 3. The molecule has 4 rings (SSSR count). The minimum Gasteiger partial charge on any atom is -0.349 e. The first-order chi connectivity index (χ1) is 14.9. The van der Waals surface area contributed by atoms with E-state index < -0.39 is 17.7 Å². The van der Waals surface area contributed by atoms with Crippen LogP contribution in [0.15, 0.2) is 60.7 Å². The Morgan fingerprint density at radius 1 is 1.00 bits per heavy atom. The summed E-state index contributed by atoms with van der Waals surface area (Å²) < 4.78 is 27.1. The zero-order chi connectivity index (χ0) is 22.0. The van der Waals surface area contributed by atoms with Gasteiger partial charge < -0.3 is 10.2 Å². The van der Waals surface area contributed by atoms with Crippen LogP contribution in [0.5, 0.6) is 0 Å². The number of carbonyl (C=O) groups is 2. The van der Waals surface area contributed by atoms with Crippen LogP contribution in [0.25, 0.3) is 10.8 Å². The van der Waals surface area contributed by atoms with E-state index in [4.69, 9.17) is 0 Å². The molecule has 3 aromatic carbocycles. The number of amides is 2. The number of nitrogens with one attached hydrogen (secondary N) is 1. The average Bonchev–Trinajstić information content (AvgIpc) is 2.78. The van der Waals surface area contributed by atoms with E-state index in [1.54, 1.807) is 11.8 Å². The average molecular weight is 422 g/mol. The molecule has 1 fully saturated rings. The minimum absolute atomic E-state index is 0.0302. The Bertz CT molecular complexity index is 1120. The Hall–Kier alpha value is -3.28. The molecule has 1 atom stereocenters. The number of nitrogens with zero attached hydrogens (tertiary/aromatic N) is 1. The molecule has 1 N–H and O–H groups in total. The largest absolute Gasteiger partial charge is 0.349 e. The Balaban J connectivity index is 1.38. The number of hydrogen-bond donors (Lipinski definition) is 1. The fraction of sp³-hybridized carbons (Fsp3) is 0.280. The van der Waals surface area contributed by atoms with Crippen molar-refractivity contribution < 1.29 is 18.4 Å². The van der Waals surface area contributed by atoms with Gasteiger partial charge in [0.25, 0.3) is 5.91 Å². The van der Waals surface area contributed by atoms with E-state index in [9.17, 15) is 18.4 Å². The van der Waals surface area contributed by atoms with Gasteiger partial charge in [-0.3, -0.25) is 9.59 Å². The highest BCUT2D eigenvalue weighted by Gasteiger charge is 2.29. The third kappa shape index (κ3) is 4.43. The first kappa shape index (κ1) is 21.0. The molecule has 0 aliphatic carbocycles. The summed E-state index contributed by atoms with van der Waals surface area (Å²) in [6.07, 6.45) is 1.09. The minimum atomic E-state index is -0.677. The summed E-state index contributed by atoms with van der Waals surface area (Å²) in [4.78, 5) is 27.5. The van der Waals surface area contributed by atoms with Crippen molar-refractivity contribution in [3.05, 3.63) is 83.4 Å². The number of hydrogen-bond acceptors (Lipinski definition) is 2. The van der Waals surface area contributed by atoms with Gasteiger partial charge in [-0.25, -0.2) is 8.78 Å². The van der Waals surface area contributed by atoms with E-state index >= 15 is 0 Å². The maximum atomic E-state index is 14.0. The fourth-order valence-corrected chi connectivity index (χ4v) is 4.19. The third-order valence-corrected chi connectivity index (χ3v) is 5.96. The van der Waals surface area contributed by atoms with Crippen LogP contribution in [-0.2, 0) is 4.79 Å². The van der Waals surface area contributed by atoms with Gasteiger partial charge in [0.15, 0.2) is 0 Å². The van der Waals surface area contributed by atoms with Crippen molar-refractivity contribution in [1.82, 2.24) is 10.2 Å². The van der Waals surface area contributed by atoms with Crippen molar-refractivity contribution >= 4 is 22.6 Å². The van der Waals surface area contributed by atoms with Crippen molar-refractivity contribution in [1.29, 1.82) is 0 Å². The topological polar surface area (TPSA) is 49.4 Å². The summed E-state index contributed by atoms with van der Waals surface area (Å²) in [6.45, 7) is 2.65. The predicted molar refractivity (Wildman–Crippen MR) is 115 cm³/mol. The van der Waals surface area contributed by atoms with Gasteiger partial charge in [-0.15, -0.1) is 0 Å². The third-order valence-electron chi connectivity index (χ3n) is 5.96. The van der Waals surface area contributed by atoms with Crippen LogP contribution < -0.4 is 5.32 Å². The molecule has 160 valence electrons. The second kappa shape index (κ2) is 8.84. The highest BCUT2D eigenvalue weighted by atomic mass is 19.1. The van der Waals surface area contributed by atoms with Crippen molar-refractivity contribution in [2.45, 2.75) is 25.8 Å². The molecule has 1 aliphatic rings. The second-order valence-corrected chi connectivity index (χ2v) is 7.99. The van der Waals surface area contributed by atoms with Crippen LogP contribution in [0, 0.1) is 17.6 Å². The van der Waals surface area contributed by atoms with Gasteiger partial charge >= 0.3 is 0 Å². The number of halogens is 2. The molecule has 0 saturated carbocycles. The summed E-state index contributed by atoms with van der Waals surface area (Å²) in [5.74, 6) is -1.78. The Morgan fingerprint density at radius 2 is 1.71 bits per heavy atom. The molecule has 1 aliphatic heterocycles.